The summed E-state index contributed by atoms with van der Waals surface area (Å²) in [5.74, 6) is 0. The summed E-state index contributed by atoms with van der Waals surface area (Å²) in [6.45, 7) is 1.68. The second-order valence-electron chi connectivity index (χ2n) is 5.05. The second-order valence-corrected chi connectivity index (χ2v) is 9.39. The van der Waals surface area contributed by atoms with Gasteiger partial charge in [-0.2, -0.15) is 0 Å². The molecule has 24 heavy (non-hydrogen) atoms. The normalized spacial score (nSPS) is 12.5. The van der Waals surface area contributed by atoms with Crippen LogP contribution in [0.1, 0.15) is 11.1 Å². The molecule has 0 saturated carbocycles. The van der Waals surface area contributed by atoms with Gasteiger partial charge in [0.05, 0.1) is 11.1 Å². The van der Waals surface area contributed by atoms with Crippen molar-refractivity contribution in [3.05, 3.63) is 62.6 Å². The molecule has 2 aromatic carbocycles. The Morgan fingerprint density at radius 1 is 1.08 bits per heavy atom. The van der Waals surface area contributed by atoms with E-state index in [1.54, 1.807) is 25.1 Å². The van der Waals surface area contributed by atoms with Gasteiger partial charge in [-0.25, -0.2) is 22.0 Å². The van der Waals surface area contributed by atoms with Crippen LogP contribution in [0.15, 0.2) is 52.8 Å². The molecule has 0 fully saturated rings. The molecular formula is C15H15IN2O4S2. The lowest BCUT2D eigenvalue weighted by Crippen LogP contribution is -2.17. The van der Waals surface area contributed by atoms with Crippen molar-refractivity contribution in [3.8, 4) is 0 Å². The zero-order valence-electron chi connectivity index (χ0n) is 12.6. The van der Waals surface area contributed by atoms with Crippen LogP contribution in [0, 0.1) is 10.5 Å². The standard InChI is InChI=1S/C15H15IN2O4S2/c1-11-5-6-14(15(9-11)24(17,21)22)18-23(19,20)8-7-12-3-2-4-13(16)10-12/h2-10,18H,1H3,(H2,17,21,22)/b8-7+. The topological polar surface area (TPSA) is 106 Å². The van der Waals surface area contributed by atoms with Crippen molar-refractivity contribution in [1.29, 1.82) is 0 Å². The Kier molecular flexibility index (Phi) is 5.68. The van der Waals surface area contributed by atoms with Crippen LogP contribution in [0.4, 0.5) is 5.69 Å². The quantitative estimate of drug-likeness (QED) is 0.645. The minimum absolute atomic E-state index is 0.0876. The van der Waals surface area contributed by atoms with Crippen molar-refractivity contribution < 1.29 is 16.8 Å². The van der Waals surface area contributed by atoms with E-state index >= 15 is 0 Å². The molecule has 2 aromatic rings. The van der Waals surface area contributed by atoms with Gasteiger partial charge in [-0.15, -0.1) is 0 Å². The van der Waals surface area contributed by atoms with Gasteiger partial charge in [0, 0.05) is 3.57 Å². The van der Waals surface area contributed by atoms with Gasteiger partial charge in [-0.05, 0) is 71.0 Å². The highest BCUT2D eigenvalue weighted by Crippen LogP contribution is 2.23. The highest BCUT2D eigenvalue weighted by atomic mass is 127. The largest absolute Gasteiger partial charge is 0.279 e. The molecule has 0 aliphatic rings. The fraction of sp³-hybridized carbons (Fsp3) is 0.0667. The van der Waals surface area contributed by atoms with E-state index in [2.05, 4.69) is 27.3 Å². The van der Waals surface area contributed by atoms with Gasteiger partial charge in [0.15, 0.2) is 0 Å². The van der Waals surface area contributed by atoms with Crippen LogP contribution in [0.2, 0.25) is 0 Å². The Bertz CT molecular complexity index is 1000. The van der Waals surface area contributed by atoms with E-state index in [0.717, 1.165) is 8.98 Å². The first kappa shape index (κ1) is 18.9. The van der Waals surface area contributed by atoms with E-state index in [1.165, 1.54) is 18.2 Å². The number of anilines is 1. The fourth-order valence-electron chi connectivity index (χ4n) is 1.91. The molecule has 0 spiro atoms. The van der Waals surface area contributed by atoms with Crippen molar-refractivity contribution in [2.24, 2.45) is 5.14 Å². The number of hydrogen-bond acceptors (Lipinski definition) is 4. The average Bonchev–Trinajstić information content (AvgIpc) is 2.46. The molecule has 0 atom stereocenters. The number of hydrogen-bond donors (Lipinski definition) is 2. The van der Waals surface area contributed by atoms with E-state index in [4.69, 9.17) is 5.14 Å². The predicted molar refractivity (Wildman–Crippen MR) is 103 cm³/mol. The van der Waals surface area contributed by atoms with Crippen LogP contribution >= 0.6 is 22.6 Å². The third kappa shape index (κ3) is 5.30. The van der Waals surface area contributed by atoms with Gasteiger partial charge in [-0.1, -0.05) is 18.2 Å². The highest BCUT2D eigenvalue weighted by molar-refractivity contribution is 14.1. The van der Waals surface area contributed by atoms with E-state index in [-0.39, 0.29) is 10.6 Å². The van der Waals surface area contributed by atoms with Gasteiger partial charge in [-0.3, -0.25) is 4.72 Å². The summed E-state index contributed by atoms with van der Waals surface area (Å²) in [6.07, 6.45) is 1.43. The number of primary sulfonamides is 1. The summed E-state index contributed by atoms with van der Waals surface area (Å²) < 4.78 is 50.8. The SMILES string of the molecule is Cc1ccc(NS(=O)(=O)/C=C/c2cccc(I)c2)c(S(N)(=O)=O)c1. The lowest BCUT2D eigenvalue weighted by atomic mass is 10.2. The van der Waals surface area contributed by atoms with Crippen LogP contribution in [0.3, 0.4) is 0 Å². The molecule has 0 unspecified atom stereocenters. The van der Waals surface area contributed by atoms with Crippen molar-refractivity contribution in [2.45, 2.75) is 11.8 Å². The molecule has 2 rings (SSSR count). The first-order chi connectivity index (χ1) is 11.1. The number of nitrogens with two attached hydrogens (primary N) is 1. The van der Waals surface area contributed by atoms with Crippen LogP contribution in [-0.4, -0.2) is 16.8 Å². The van der Waals surface area contributed by atoms with Gasteiger partial charge in [0.1, 0.15) is 4.90 Å². The summed E-state index contributed by atoms with van der Waals surface area (Å²) in [5, 5.41) is 6.12. The lowest BCUT2D eigenvalue weighted by molar-refractivity contribution is 0.598. The Hall–Kier alpha value is -1.43. The van der Waals surface area contributed by atoms with Crippen molar-refractivity contribution >= 4 is 54.4 Å². The molecule has 0 bridgehead atoms. The smallest absolute Gasteiger partial charge is 0.255 e. The fourth-order valence-corrected chi connectivity index (χ4v) is 4.21. The Balaban J connectivity index is 2.33. The number of sulfonamides is 2. The molecule has 3 N–H and O–H groups in total. The molecule has 0 amide bonds. The maximum atomic E-state index is 12.2. The third-order valence-corrected chi connectivity index (χ3v) is 5.60. The Morgan fingerprint density at radius 2 is 1.79 bits per heavy atom. The lowest BCUT2D eigenvalue weighted by Gasteiger charge is -2.10. The molecule has 0 aliphatic carbocycles. The first-order valence-electron chi connectivity index (χ1n) is 6.67. The molecule has 128 valence electrons. The second kappa shape index (κ2) is 7.21. The molecule has 6 nitrogen and oxygen atoms in total. The van der Waals surface area contributed by atoms with Crippen LogP contribution in [0.25, 0.3) is 6.08 Å². The third-order valence-electron chi connectivity index (χ3n) is 2.98. The van der Waals surface area contributed by atoms with Gasteiger partial charge in [0.2, 0.25) is 10.0 Å². The minimum Gasteiger partial charge on any atom is -0.279 e. The summed E-state index contributed by atoms with van der Waals surface area (Å²) >= 11 is 2.12. The first-order valence-corrected chi connectivity index (χ1v) is 10.8. The number of benzene rings is 2. The molecular weight excluding hydrogens is 463 g/mol. The van der Waals surface area contributed by atoms with E-state index in [1.807, 2.05) is 12.1 Å². The van der Waals surface area contributed by atoms with Crippen molar-refractivity contribution in [1.82, 2.24) is 0 Å². The molecule has 0 radical (unpaired) electrons. The average molecular weight is 478 g/mol. The predicted octanol–water partition coefficient (Wildman–Crippen LogP) is 2.66. The minimum atomic E-state index is -4.05. The van der Waals surface area contributed by atoms with E-state index < -0.39 is 20.0 Å². The van der Waals surface area contributed by atoms with Gasteiger partial charge >= 0.3 is 0 Å². The van der Waals surface area contributed by atoms with E-state index in [0.29, 0.717) is 11.1 Å². The van der Waals surface area contributed by atoms with Gasteiger partial charge < -0.3 is 0 Å². The van der Waals surface area contributed by atoms with Gasteiger partial charge in [0.25, 0.3) is 10.0 Å². The number of rotatable bonds is 5. The maximum Gasteiger partial charge on any atom is 0.255 e. The Morgan fingerprint density at radius 3 is 2.42 bits per heavy atom. The summed E-state index contributed by atoms with van der Waals surface area (Å²) in [7, 11) is -7.95. The molecule has 9 heteroatoms. The van der Waals surface area contributed by atoms with Crippen molar-refractivity contribution in [2.75, 3.05) is 4.72 Å². The summed E-state index contributed by atoms with van der Waals surface area (Å²) in [5.41, 5.74) is 1.27. The monoisotopic (exact) mass is 478 g/mol. The van der Waals surface area contributed by atoms with Crippen LogP contribution < -0.4 is 9.86 Å². The number of halogens is 1. The maximum absolute atomic E-state index is 12.2. The number of nitrogens with one attached hydrogen (secondary N) is 1. The Labute approximate surface area is 155 Å². The van der Waals surface area contributed by atoms with Crippen molar-refractivity contribution in [3.63, 3.8) is 0 Å². The zero-order valence-corrected chi connectivity index (χ0v) is 16.4. The summed E-state index contributed by atoms with van der Waals surface area (Å²) in [4.78, 5) is -0.270. The molecule has 0 aromatic heterocycles. The van der Waals surface area contributed by atoms with Crippen LogP contribution in [0.5, 0.6) is 0 Å². The summed E-state index contributed by atoms with van der Waals surface area (Å²) in [6, 6.07) is 11.5. The highest BCUT2D eigenvalue weighted by Gasteiger charge is 2.17. The zero-order chi connectivity index (χ0) is 18.0. The van der Waals surface area contributed by atoms with E-state index in [9.17, 15) is 16.8 Å². The molecule has 0 saturated heterocycles. The molecule has 0 aliphatic heterocycles. The molecule has 0 heterocycles. The van der Waals surface area contributed by atoms with Crippen LogP contribution in [-0.2, 0) is 20.0 Å². The number of aryl methyl sites for hydroxylation is 1.